The summed E-state index contributed by atoms with van der Waals surface area (Å²) in [6.07, 6.45) is 1.06. The monoisotopic (exact) mass is 517 g/mol. The fourth-order valence-electron chi connectivity index (χ4n) is 3.61. The Morgan fingerprint density at radius 2 is 1.53 bits per heavy atom. The van der Waals surface area contributed by atoms with Crippen LogP contribution in [-0.4, -0.2) is 49.8 Å². The van der Waals surface area contributed by atoms with E-state index in [1.807, 2.05) is 36.4 Å². The molecule has 0 saturated carbocycles. The molecule has 2 aromatic carbocycles. The molecule has 0 aliphatic carbocycles. The summed E-state index contributed by atoms with van der Waals surface area (Å²) in [5, 5.41) is 2.63. The predicted octanol–water partition coefficient (Wildman–Crippen LogP) is 2.65. The number of nitrogens with one attached hydrogen (secondary N) is 2. The number of hydrogen-bond donors (Lipinski definition) is 2. The fourth-order valence-corrected chi connectivity index (χ4v) is 5.04. The van der Waals surface area contributed by atoms with Gasteiger partial charge in [0.2, 0.25) is 5.91 Å². The Balaban J connectivity index is 1.48. The molecule has 0 spiro atoms. The van der Waals surface area contributed by atoms with Crippen LogP contribution in [0.2, 0.25) is 0 Å². The quantitative estimate of drug-likeness (QED) is 0.308. The molecule has 194 valence electrons. The minimum Gasteiger partial charge on any atom is -0.460 e. The molecule has 1 heterocycles. The molecule has 10 nitrogen and oxygen atoms in total. The van der Waals surface area contributed by atoms with E-state index in [1.165, 1.54) is 0 Å². The van der Waals surface area contributed by atoms with Crippen LogP contribution >= 0.6 is 0 Å². The maximum Gasteiger partial charge on any atom is 0.407 e. The second kappa shape index (κ2) is 13.6. The van der Waals surface area contributed by atoms with Crippen molar-refractivity contribution in [2.75, 3.05) is 13.1 Å². The second-order valence-electron chi connectivity index (χ2n) is 8.32. The minimum atomic E-state index is -4.18. The van der Waals surface area contributed by atoms with E-state index >= 15 is 0 Å². The standard InChI is InChI=1S/C25H31N3O7S/c29-23-15-9-17-28(23)36(32,33)27-22(24(30)34-18-20-10-3-1-4-11-20)14-7-8-16-26-25(31)35-19-21-12-5-2-6-13-21/h1-6,10-13,22,27H,7-9,14-19H2,(H,26,31)/t22-/m0/s1. The summed E-state index contributed by atoms with van der Waals surface area (Å²) in [6, 6.07) is 17.1. The van der Waals surface area contributed by atoms with Crippen molar-refractivity contribution in [3.8, 4) is 0 Å². The molecule has 11 heteroatoms. The fraction of sp³-hybridized carbons (Fsp3) is 0.400. The molecule has 1 aliphatic heterocycles. The number of alkyl carbamates (subject to hydrolysis) is 1. The number of nitrogens with zero attached hydrogens (tertiary/aromatic N) is 1. The van der Waals surface area contributed by atoms with Crippen LogP contribution in [0.5, 0.6) is 0 Å². The van der Waals surface area contributed by atoms with Gasteiger partial charge in [-0.05, 0) is 36.8 Å². The molecule has 36 heavy (non-hydrogen) atoms. The zero-order valence-electron chi connectivity index (χ0n) is 19.9. The lowest BCUT2D eigenvalue weighted by atomic mass is 10.1. The first-order valence-electron chi connectivity index (χ1n) is 11.8. The number of unbranched alkanes of at least 4 members (excludes halogenated alkanes) is 1. The lowest BCUT2D eigenvalue weighted by Crippen LogP contribution is -2.49. The van der Waals surface area contributed by atoms with Gasteiger partial charge < -0.3 is 14.8 Å². The van der Waals surface area contributed by atoms with Crippen molar-refractivity contribution in [2.45, 2.75) is 51.4 Å². The molecular formula is C25H31N3O7S. The molecule has 1 fully saturated rings. The van der Waals surface area contributed by atoms with Crippen molar-refractivity contribution >= 4 is 28.2 Å². The highest BCUT2D eigenvalue weighted by Gasteiger charge is 2.35. The van der Waals surface area contributed by atoms with E-state index in [4.69, 9.17) is 9.47 Å². The Hall–Kier alpha value is -3.44. The number of amides is 2. The first kappa shape index (κ1) is 27.2. The van der Waals surface area contributed by atoms with Gasteiger partial charge in [0.1, 0.15) is 19.3 Å². The van der Waals surface area contributed by atoms with Crippen molar-refractivity contribution in [1.29, 1.82) is 0 Å². The molecule has 0 radical (unpaired) electrons. The van der Waals surface area contributed by atoms with Crippen LogP contribution in [0.1, 0.15) is 43.2 Å². The van der Waals surface area contributed by atoms with E-state index in [0.717, 1.165) is 15.4 Å². The first-order valence-corrected chi connectivity index (χ1v) is 13.3. The summed E-state index contributed by atoms with van der Waals surface area (Å²) in [6.45, 7) is 0.514. The van der Waals surface area contributed by atoms with Crippen LogP contribution in [-0.2, 0) is 42.5 Å². The van der Waals surface area contributed by atoms with Gasteiger partial charge in [0.25, 0.3) is 0 Å². The largest absolute Gasteiger partial charge is 0.460 e. The normalized spacial score (nSPS) is 14.3. The molecule has 2 amide bonds. The van der Waals surface area contributed by atoms with Crippen molar-refractivity contribution < 1.29 is 32.3 Å². The van der Waals surface area contributed by atoms with Crippen LogP contribution in [0.3, 0.4) is 0 Å². The maximum atomic E-state index is 12.7. The van der Waals surface area contributed by atoms with Gasteiger partial charge in [-0.3, -0.25) is 9.59 Å². The van der Waals surface area contributed by atoms with E-state index in [-0.39, 0.29) is 39.1 Å². The Bertz CT molecular complexity index is 1110. The van der Waals surface area contributed by atoms with Gasteiger partial charge >= 0.3 is 22.3 Å². The summed E-state index contributed by atoms with van der Waals surface area (Å²) >= 11 is 0. The van der Waals surface area contributed by atoms with E-state index in [1.54, 1.807) is 24.3 Å². The molecular weight excluding hydrogens is 486 g/mol. The van der Waals surface area contributed by atoms with E-state index in [0.29, 0.717) is 19.3 Å². The van der Waals surface area contributed by atoms with Crippen molar-refractivity contribution in [3.05, 3.63) is 71.8 Å². The van der Waals surface area contributed by atoms with Gasteiger partial charge in [-0.15, -0.1) is 0 Å². The molecule has 1 atom stereocenters. The summed E-state index contributed by atoms with van der Waals surface area (Å²) in [5.74, 6) is -1.23. The average molecular weight is 518 g/mol. The van der Waals surface area contributed by atoms with E-state index in [9.17, 15) is 22.8 Å². The van der Waals surface area contributed by atoms with E-state index < -0.39 is 34.2 Å². The van der Waals surface area contributed by atoms with Crippen LogP contribution in [0.15, 0.2) is 60.7 Å². The average Bonchev–Trinajstić information content (AvgIpc) is 3.33. The molecule has 0 aromatic heterocycles. The summed E-state index contributed by atoms with van der Waals surface area (Å²) in [7, 11) is -4.18. The topological polar surface area (TPSA) is 131 Å². The molecule has 2 N–H and O–H groups in total. The predicted molar refractivity (Wildman–Crippen MR) is 132 cm³/mol. The smallest absolute Gasteiger partial charge is 0.407 e. The zero-order chi connectivity index (χ0) is 25.8. The number of benzene rings is 2. The number of esters is 1. The molecule has 1 aliphatic rings. The molecule has 2 aromatic rings. The molecule has 0 unspecified atom stereocenters. The maximum absolute atomic E-state index is 12.7. The Labute approximate surface area is 211 Å². The molecule has 1 saturated heterocycles. The van der Waals surface area contributed by atoms with Crippen molar-refractivity contribution in [1.82, 2.24) is 14.3 Å². The lowest BCUT2D eigenvalue weighted by Gasteiger charge is -2.22. The third-order valence-corrected chi connectivity index (χ3v) is 7.07. The number of rotatable bonds is 13. The van der Waals surface area contributed by atoms with Crippen molar-refractivity contribution in [2.24, 2.45) is 0 Å². The summed E-state index contributed by atoms with van der Waals surface area (Å²) in [4.78, 5) is 36.5. The van der Waals surface area contributed by atoms with Gasteiger partial charge in [0, 0.05) is 19.5 Å². The molecule has 0 bridgehead atoms. The van der Waals surface area contributed by atoms with Crippen molar-refractivity contribution in [3.63, 3.8) is 0 Å². The number of hydrogen-bond acceptors (Lipinski definition) is 7. The van der Waals surface area contributed by atoms with Crippen LogP contribution < -0.4 is 10.0 Å². The number of ether oxygens (including phenoxy) is 2. The summed E-state index contributed by atoms with van der Waals surface area (Å²) in [5.41, 5.74) is 1.63. The summed E-state index contributed by atoms with van der Waals surface area (Å²) < 4.78 is 39.0. The lowest BCUT2D eigenvalue weighted by molar-refractivity contribution is -0.147. The Morgan fingerprint density at radius 3 is 2.11 bits per heavy atom. The van der Waals surface area contributed by atoms with Gasteiger partial charge in [0.15, 0.2) is 0 Å². The number of carbonyl (C=O) groups is 3. The van der Waals surface area contributed by atoms with Gasteiger partial charge in [-0.25, -0.2) is 9.10 Å². The van der Waals surface area contributed by atoms with Gasteiger partial charge in [0.05, 0.1) is 0 Å². The molecule has 3 rings (SSSR count). The zero-order valence-corrected chi connectivity index (χ0v) is 20.7. The van der Waals surface area contributed by atoms with Crippen LogP contribution in [0.4, 0.5) is 4.79 Å². The Morgan fingerprint density at radius 1 is 0.917 bits per heavy atom. The third-order valence-electron chi connectivity index (χ3n) is 5.52. The number of carbonyl (C=O) groups excluding carboxylic acids is 3. The highest BCUT2D eigenvalue weighted by molar-refractivity contribution is 7.87. The second-order valence-corrected chi connectivity index (χ2v) is 9.95. The van der Waals surface area contributed by atoms with Gasteiger partial charge in [-0.2, -0.15) is 13.1 Å². The van der Waals surface area contributed by atoms with E-state index in [2.05, 4.69) is 10.0 Å². The first-order chi connectivity index (χ1) is 17.3. The Kier molecular flexibility index (Phi) is 10.3. The minimum absolute atomic E-state index is 0.00461. The van der Waals surface area contributed by atoms with Crippen LogP contribution in [0, 0.1) is 0 Å². The third kappa shape index (κ3) is 8.65. The highest BCUT2D eigenvalue weighted by Crippen LogP contribution is 2.15. The van der Waals surface area contributed by atoms with Crippen LogP contribution in [0.25, 0.3) is 0 Å². The van der Waals surface area contributed by atoms with Gasteiger partial charge in [-0.1, -0.05) is 60.7 Å². The SMILES string of the molecule is O=C(NCCCC[C@H](NS(=O)(=O)N1CCCC1=O)C(=O)OCc1ccccc1)OCc1ccccc1. The highest BCUT2D eigenvalue weighted by atomic mass is 32.2.